The molecule has 1 heterocycles. The maximum absolute atomic E-state index is 12.8. The number of rotatable bonds is 12. The van der Waals surface area contributed by atoms with Crippen molar-refractivity contribution in [3.63, 3.8) is 0 Å². The summed E-state index contributed by atoms with van der Waals surface area (Å²) in [6.07, 6.45) is 4.68. The van der Waals surface area contributed by atoms with Gasteiger partial charge in [-0.3, -0.25) is 0 Å². The molecule has 1 aliphatic rings. The lowest BCUT2D eigenvalue weighted by Crippen LogP contribution is -2.29. The van der Waals surface area contributed by atoms with E-state index in [1.165, 1.54) is 24.9 Å². The van der Waals surface area contributed by atoms with Crippen LogP contribution in [0.2, 0.25) is 0 Å². The van der Waals surface area contributed by atoms with Crippen molar-refractivity contribution in [2.75, 3.05) is 51.0 Å². The van der Waals surface area contributed by atoms with Crippen molar-refractivity contribution in [3.05, 3.63) is 46.9 Å². The van der Waals surface area contributed by atoms with Crippen molar-refractivity contribution in [1.29, 1.82) is 5.26 Å². The zero-order chi connectivity index (χ0) is 24.4. The Hall–Kier alpha value is -2.44. The second-order valence-corrected chi connectivity index (χ2v) is 10.2. The molecule has 0 bridgehead atoms. The minimum atomic E-state index is -3.95. The second kappa shape index (κ2) is 12.9. The highest BCUT2D eigenvalue weighted by atomic mass is 32.2. The van der Waals surface area contributed by atoms with Gasteiger partial charge in [-0.2, -0.15) is 5.26 Å². The minimum absolute atomic E-state index is 0.0889. The molecule has 2 aromatic rings. The average molecular weight is 486 g/mol. The first-order chi connectivity index (χ1) is 16.5. The van der Waals surface area contributed by atoms with Gasteiger partial charge in [0.05, 0.1) is 19.8 Å². The largest absolute Gasteiger partial charge is 0.379 e. The first kappa shape index (κ1) is 26.2. The van der Waals surface area contributed by atoms with Crippen LogP contribution in [0.3, 0.4) is 0 Å². The van der Waals surface area contributed by atoms with E-state index in [4.69, 9.17) is 9.47 Å². The molecule has 0 saturated carbocycles. The van der Waals surface area contributed by atoms with Crippen molar-refractivity contribution in [2.24, 2.45) is 0 Å². The molecule has 0 atom stereocenters. The number of fused-ring (bicyclic) bond motifs is 1. The number of piperidine rings is 1. The fourth-order valence-corrected chi connectivity index (χ4v) is 5.22. The number of nitriles is 1. The van der Waals surface area contributed by atoms with Crippen LogP contribution in [0.5, 0.6) is 0 Å². The lowest BCUT2D eigenvalue weighted by molar-refractivity contribution is 0.0502. The molecule has 0 radical (unpaired) electrons. The molecule has 34 heavy (non-hydrogen) atoms. The number of nitrogens with one attached hydrogen (secondary N) is 1. The van der Waals surface area contributed by atoms with Gasteiger partial charge in [0.2, 0.25) is 0 Å². The number of nitrogens with zero attached hydrogens (tertiary/aromatic N) is 2. The Morgan fingerprint density at radius 2 is 1.68 bits per heavy atom. The normalized spacial score (nSPS) is 15.3. The van der Waals surface area contributed by atoms with Crippen LogP contribution in [-0.2, 0) is 19.5 Å². The summed E-state index contributed by atoms with van der Waals surface area (Å²) >= 11 is 0. The molecule has 8 heteroatoms. The Kier molecular flexibility index (Phi) is 9.90. The van der Waals surface area contributed by atoms with Crippen LogP contribution in [-0.4, -0.2) is 54.5 Å². The molecule has 0 spiro atoms. The van der Waals surface area contributed by atoms with Gasteiger partial charge in [0.25, 0.3) is 10.0 Å². The summed E-state index contributed by atoms with van der Waals surface area (Å²) in [6, 6.07) is 14.1. The molecule has 0 aliphatic carbocycles. The number of hydrogen-bond donors (Lipinski definition) is 1. The molecule has 1 fully saturated rings. The zero-order valence-electron chi connectivity index (χ0n) is 20.2. The Morgan fingerprint density at radius 3 is 2.38 bits per heavy atom. The number of sulfonamides is 1. The summed E-state index contributed by atoms with van der Waals surface area (Å²) in [5, 5.41) is 11.7. The monoisotopic (exact) mass is 485 g/mol. The van der Waals surface area contributed by atoms with Crippen LogP contribution in [0.15, 0.2) is 41.3 Å². The van der Waals surface area contributed by atoms with Crippen LogP contribution in [0.1, 0.15) is 45.1 Å². The maximum atomic E-state index is 12.8. The van der Waals surface area contributed by atoms with Crippen molar-refractivity contribution in [3.8, 4) is 6.07 Å². The van der Waals surface area contributed by atoms with E-state index in [9.17, 15) is 13.7 Å². The third kappa shape index (κ3) is 7.03. The summed E-state index contributed by atoms with van der Waals surface area (Å²) in [7, 11) is -3.95. The SMILES string of the molecule is CCCOCCOCCNS(=O)(=O)/C(C#N)=C(\C)c1ccc2cc(N3CCCCC3)ccc2c1. The lowest BCUT2D eigenvalue weighted by Gasteiger charge is -2.29. The van der Waals surface area contributed by atoms with Gasteiger partial charge in [0.15, 0.2) is 4.91 Å². The molecule has 184 valence electrons. The molecule has 1 aliphatic heterocycles. The van der Waals surface area contributed by atoms with Crippen molar-refractivity contribution < 1.29 is 17.9 Å². The van der Waals surface area contributed by atoms with Gasteiger partial charge in [-0.25, -0.2) is 13.1 Å². The fraction of sp³-hybridized carbons (Fsp3) is 0.500. The van der Waals surface area contributed by atoms with E-state index in [1.54, 1.807) is 6.92 Å². The van der Waals surface area contributed by atoms with E-state index < -0.39 is 10.0 Å². The first-order valence-corrected chi connectivity index (χ1v) is 13.5. The molecular weight excluding hydrogens is 450 g/mol. The maximum Gasteiger partial charge on any atom is 0.251 e. The summed E-state index contributed by atoms with van der Waals surface area (Å²) in [6.45, 7) is 7.72. The molecular formula is C26H35N3O4S. The molecule has 0 amide bonds. The van der Waals surface area contributed by atoms with E-state index in [2.05, 4.69) is 27.8 Å². The number of ether oxygens (including phenoxy) is 2. The third-order valence-electron chi connectivity index (χ3n) is 5.95. The molecule has 1 saturated heterocycles. The summed E-state index contributed by atoms with van der Waals surface area (Å²) in [4.78, 5) is 2.14. The highest BCUT2D eigenvalue weighted by molar-refractivity contribution is 7.93. The Labute approximate surface area is 203 Å². The third-order valence-corrected chi connectivity index (χ3v) is 7.47. The van der Waals surface area contributed by atoms with E-state index in [1.807, 2.05) is 31.2 Å². The van der Waals surface area contributed by atoms with Gasteiger partial charge in [-0.1, -0.05) is 25.1 Å². The van der Waals surface area contributed by atoms with Gasteiger partial charge >= 0.3 is 0 Å². The van der Waals surface area contributed by atoms with E-state index >= 15 is 0 Å². The van der Waals surface area contributed by atoms with Gasteiger partial charge < -0.3 is 14.4 Å². The topological polar surface area (TPSA) is 91.7 Å². The van der Waals surface area contributed by atoms with E-state index in [0.717, 1.165) is 30.3 Å². The number of anilines is 1. The highest BCUT2D eigenvalue weighted by Gasteiger charge is 2.21. The summed E-state index contributed by atoms with van der Waals surface area (Å²) in [5.74, 6) is 0. The number of hydrogen-bond acceptors (Lipinski definition) is 6. The zero-order valence-corrected chi connectivity index (χ0v) is 21.0. The smallest absolute Gasteiger partial charge is 0.251 e. The summed E-state index contributed by atoms with van der Waals surface area (Å²) in [5.41, 5.74) is 2.35. The van der Waals surface area contributed by atoms with Gasteiger partial charge in [0.1, 0.15) is 6.07 Å². The lowest BCUT2D eigenvalue weighted by atomic mass is 10.0. The molecule has 7 nitrogen and oxygen atoms in total. The molecule has 1 N–H and O–H groups in total. The predicted molar refractivity (Wildman–Crippen MR) is 137 cm³/mol. The van der Waals surface area contributed by atoms with E-state index in [-0.39, 0.29) is 18.1 Å². The fourth-order valence-electron chi connectivity index (χ4n) is 4.08. The van der Waals surface area contributed by atoms with Gasteiger partial charge in [0, 0.05) is 31.9 Å². The van der Waals surface area contributed by atoms with Crippen LogP contribution in [0, 0.1) is 11.3 Å². The molecule has 0 aromatic heterocycles. The van der Waals surface area contributed by atoms with Crippen molar-refractivity contribution in [2.45, 2.75) is 39.5 Å². The summed E-state index contributed by atoms with van der Waals surface area (Å²) < 4.78 is 38.7. The second-order valence-electron chi connectivity index (χ2n) is 8.48. The van der Waals surface area contributed by atoms with Crippen molar-refractivity contribution >= 4 is 32.1 Å². The van der Waals surface area contributed by atoms with Crippen molar-refractivity contribution in [1.82, 2.24) is 4.72 Å². The quantitative estimate of drug-likeness (QED) is 0.353. The van der Waals surface area contributed by atoms with E-state index in [0.29, 0.717) is 31.0 Å². The molecule has 2 aromatic carbocycles. The highest BCUT2D eigenvalue weighted by Crippen LogP contribution is 2.29. The average Bonchev–Trinajstić information content (AvgIpc) is 2.85. The van der Waals surface area contributed by atoms with Gasteiger partial charge in [-0.15, -0.1) is 0 Å². The predicted octanol–water partition coefficient (Wildman–Crippen LogP) is 4.45. The van der Waals surface area contributed by atoms with Crippen LogP contribution < -0.4 is 9.62 Å². The van der Waals surface area contributed by atoms with Crippen LogP contribution in [0.25, 0.3) is 16.3 Å². The molecule has 3 rings (SSSR count). The Bertz CT molecular complexity index is 1130. The first-order valence-electron chi connectivity index (χ1n) is 12.0. The Balaban J connectivity index is 1.68. The number of allylic oxidation sites excluding steroid dienone is 2. The Morgan fingerprint density at radius 1 is 1.00 bits per heavy atom. The minimum Gasteiger partial charge on any atom is -0.379 e. The van der Waals surface area contributed by atoms with Crippen LogP contribution in [0.4, 0.5) is 5.69 Å². The van der Waals surface area contributed by atoms with Gasteiger partial charge in [-0.05, 0) is 72.7 Å². The standard InChI is InChI=1S/C26H35N3O4S/c1-3-14-32-16-17-33-15-11-28-34(30,31)26(20-27)21(2)22-7-8-24-19-25(10-9-23(24)18-22)29-12-5-4-6-13-29/h7-10,18-19,28H,3-6,11-17H2,1-2H3/b26-21+. The number of benzene rings is 2. The molecule has 0 unspecified atom stereocenters. The van der Waals surface area contributed by atoms with Crippen LogP contribution >= 0.6 is 0 Å².